The second-order valence-corrected chi connectivity index (χ2v) is 7.70. The molecule has 2 atom stereocenters. The molecule has 0 spiro atoms. The van der Waals surface area contributed by atoms with Gasteiger partial charge in [-0.2, -0.15) is 0 Å². The fraction of sp³-hybridized carbons (Fsp3) is 0.550. The number of hydrogen-bond donors (Lipinski definition) is 2. The van der Waals surface area contributed by atoms with Gasteiger partial charge in [0.25, 0.3) is 0 Å². The predicted molar refractivity (Wildman–Crippen MR) is 102 cm³/mol. The maximum absolute atomic E-state index is 12.9. The molecule has 0 aliphatic rings. The Labute approximate surface area is 160 Å². The van der Waals surface area contributed by atoms with Crippen LogP contribution in [0.4, 0.5) is 4.79 Å². The van der Waals surface area contributed by atoms with Crippen molar-refractivity contribution in [1.82, 2.24) is 10.6 Å². The summed E-state index contributed by atoms with van der Waals surface area (Å²) in [7, 11) is 1.27. The van der Waals surface area contributed by atoms with Gasteiger partial charge < -0.3 is 20.1 Å². The molecule has 7 heteroatoms. The van der Waals surface area contributed by atoms with Crippen LogP contribution in [-0.4, -0.2) is 36.7 Å². The summed E-state index contributed by atoms with van der Waals surface area (Å²) in [6.07, 6.45) is -0.295. The zero-order valence-electron chi connectivity index (χ0n) is 16.9. The van der Waals surface area contributed by atoms with E-state index >= 15 is 0 Å². The minimum Gasteiger partial charge on any atom is -0.467 e. The lowest BCUT2D eigenvalue weighted by Crippen LogP contribution is -2.48. The molecule has 0 bridgehead atoms. The van der Waals surface area contributed by atoms with Crippen LogP contribution in [0.5, 0.6) is 0 Å². The zero-order valence-corrected chi connectivity index (χ0v) is 16.9. The zero-order chi connectivity index (χ0) is 20.6. The largest absolute Gasteiger partial charge is 0.467 e. The number of hydrogen-bond acceptors (Lipinski definition) is 5. The topological polar surface area (TPSA) is 93.7 Å². The third kappa shape index (κ3) is 8.11. The Morgan fingerprint density at radius 1 is 1.04 bits per heavy atom. The number of alkyl carbamates (subject to hydrolysis) is 1. The molecule has 0 aromatic heterocycles. The summed E-state index contributed by atoms with van der Waals surface area (Å²) in [6.45, 7) is 9.09. The normalized spacial score (nSPS) is 13.4. The minimum atomic E-state index is -1.000. The van der Waals surface area contributed by atoms with E-state index in [1.54, 1.807) is 45.0 Å². The highest BCUT2D eigenvalue weighted by atomic mass is 16.6. The van der Waals surface area contributed by atoms with Gasteiger partial charge in [-0.25, -0.2) is 9.59 Å². The van der Waals surface area contributed by atoms with E-state index in [2.05, 4.69) is 10.6 Å². The second kappa shape index (κ2) is 9.94. The molecule has 0 fully saturated rings. The number of rotatable bonds is 7. The van der Waals surface area contributed by atoms with Crippen LogP contribution >= 0.6 is 0 Å². The lowest BCUT2D eigenvalue weighted by atomic mass is 10.0. The van der Waals surface area contributed by atoms with Crippen LogP contribution < -0.4 is 10.6 Å². The predicted octanol–water partition coefficient (Wildman–Crippen LogP) is 2.96. The van der Waals surface area contributed by atoms with E-state index in [4.69, 9.17) is 9.47 Å². The van der Waals surface area contributed by atoms with Gasteiger partial charge in [0.15, 0.2) is 0 Å². The van der Waals surface area contributed by atoms with Crippen molar-refractivity contribution in [3.63, 3.8) is 0 Å². The number of carbonyl (C=O) groups is 3. The molecule has 0 aliphatic heterocycles. The molecule has 0 saturated heterocycles. The monoisotopic (exact) mass is 378 g/mol. The number of carbonyl (C=O) groups excluding carboxylic acids is 3. The van der Waals surface area contributed by atoms with Crippen LogP contribution in [0.25, 0.3) is 0 Å². The Hall–Kier alpha value is -2.57. The van der Waals surface area contributed by atoms with Crippen molar-refractivity contribution in [2.75, 3.05) is 7.11 Å². The summed E-state index contributed by atoms with van der Waals surface area (Å²) in [5.74, 6) is -0.868. The first-order valence-corrected chi connectivity index (χ1v) is 8.96. The Balaban J connectivity index is 3.02. The van der Waals surface area contributed by atoms with Gasteiger partial charge >= 0.3 is 12.1 Å². The number of ether oxygens (including phenoxy) is 2. The summed E-state index contributed by atoms with van der Waals surface area (Å²) in [6, 6.07) is 6.97. The summed E-state index contributed by atoms with van der Waals surface area (Å²) in [5.41, 5.74) is -0.123. The number of esters is 1. The van der Waals surface area contributed by atoms with E-state index in [1.807, 2.05) is 19.9 Å². The summed E-state index contributed by atoms with van der Waals surface area (Å²) >= 11 is 0. The molecule has 2 amide bonds. The van der Waals surface area contributed by atoms with Crippen LogP contribution in [0.3, 0.4) is 0 Å². The lowest BCUT2D eigenvalue weighted by Gasteiger charge is -2.25. The van der Waals surface area contributed by atoms with Crippen LogP contribution in [0.2, 0.25) is 0 Å². The fourth-order valence-electron chi connectivity index (χ4n) is 2.45. The van der Waals surface area contributed by atoms with Crippen LogP contribution in [0.1, 0.15) is 52.6 Å². The van der Waals surface area contributed by atoms with Crippen molar-refractivity contribution >= 4 is 18.0 Å². The fourth-order valence-corrected chi connectivity index (χ4v) is 2.45. The Kier molecular flexibility index (Phi) is 8.28. The highest BCUT2D eigenvalue weighted by Crippen LogP contribution is 2.16. The van der Waals surface area contributed by atoms with E-state index in [1.165, 1.54) is 7.11 Å². The van der Waals surface area contributed by atoms with E-state index in [9.17, 15) is 14.4 Å². The SMILES string of the molecule is COC(=O)[C@H](CC(C)C)NC(=O)[C@@H](NC(=O)OC(C)(C)C)c1ccccc1. The first-order valence-electron chi connectivity index (χ1n) is 8.96. The standard InChI is InChI=1S/C20H30N2O5/c1-13(2)12-15(18(24)26-6)21-17(23)16(14-10-8-7-9-11-14)22-19(25)27-20(3,4)5/h7-11,13,15-16H,12H2,1-6H3,(H,21,23)(H,22,25)/t15-,16-/m0/s1. The van der Waals surface area contributed by atoms with E-state index in [-0.39, 0.29) is 5.92 Å². The molecule has 0 aliphatic carbocycles. The smallest absolute Gasteiger partial charge is 0.408 e. The first kappa shape index (κ1) is 22.5. The summed E-state index contributed by atoms with van der Waals surface area (Å²) in [4.78, 5) is 37.1. The van der Waals surface area contributed by atoms with Crippen LogP contribution in [-0.2, 0) is 19.1 Å². The van der Waals surface area contributed by atoms with E-state index in [0.29, 0.717) is 12.0 Å². The highest BCUT2D eigenvalue weighted by molar-refractivity contribution is 5.90. The van der Waals surface area contributed by atoms with Crippen LogP contribution in [0, 0.1) is 5.92 Å². The lowest BCUT2D eigenvalue weighted by molar-refractivity contribution is -0.145. The number of benzene rings is 1. The Bertz CT molecular complexity index is 638. The Morgan fingerprint density at radius 3 is 2.11 bits per heavy atom. The number of amides is 2. The number of methoxy groups -OCH3 is 1. The van der Waals surface area contributed by atoms with Gasteiger partial charge in [-0.3, -0.25) is 4.79 Å². The quantitative estimate of drug-likeness (QED) is 0.712. The molecule has 0 radical (unpaired) electrons. The van der Waals surface area contributed by atoms with Crippen LogP contribution in [0.15, 0.2) is 30.3 Å². The van der Waals surface area contributed by atoms with Gasteiger partial charge in [0, 0.05) is 0 Å². The van der Waals surface area contributed by atoms with E-state index in [0.717, 1.165) is 0 Å². The average Bonchev–Trinajstić information content (AvgIpc) is 2.57. The molecule has 0 saturated carbocycles. The molecule has 2 N–H and O–H groups in total. The Morgan fingerprint density at radius 2 is 1.63 bits per heavy atom. The van der Waals surface area contributed by atoms with Gasteiger partial charge in [0.2, 0.25) is 5.91 Å². The van der Waals surface area contributed by atoms with Gasteiger partial charge in [-0.05, 0) is 38.7 Å². The van der Waals surface area contributed by atoms with Gasteiger partial charge in [0.05, 0.1) is 7.11 Å². The number of nitrogens with one attached hydrogen (secondary N) is 2. The van der Waals surface area contributed by atoms with Crippen molar-refractivity contribution < 1.29 is 23.9 Å². The van der Waals surface area contributed by atoms with Gasteiger partial charge in [-0.1, -0.05) is 44.2 Å². The average molecular weight is 378 g/mol. The van der Waals surface area contributed by atoms with Crippen molar-refractivity contribution in [1.29, 1.82) is 0 Å². The first-order chi connectivity index (χ1) is 12.5. The minimum absolute atomic E-state index is 0.170. The van der Waals surface area contributed by atoms with E-state index < -0.39 is 35.7 Å². The molecule has 150 valence electrons. The second-order valence-electron chi connectivity index (χ2n) is 7.70. The summed E-state index contributed by atoms with van der Waals surface area (Å²) in [5, 5.41) is 5.26. The van der Waals surface area contributed by atoms with Crippen molar-refractivity contribution in [2.45, 2.75) is 58.7 Å². The highest BCUT2D eigenvalue weighted by Gasteiger charge is 2.30. The summed E-state index contributed by atoms with van der Waals surface area (Å²) < 4.78 is 10.0. The molecule has 1 aromatic rings. The molecular weight excluding hydrogens is 348 g/mol. The van der Waals surface area contributed by atoms with Crippen molar-refractivity contribution in [2.24, 2.45) is 5.92 Å². The van der Waals surface area contributed by atoms with Gasteiger partial charge in [-0.15, -0.1) is 0 Å². The maximum atomic E-state index is 12.9. The molecular formula is C20H30N2O5. The third-order valence-corrected chi connectivity index (χ3v) is 3.57. The molecule has 0 heterocycles. The van der Waals surface area contributed by atoms with Gasteiger partial charge in [0.1, 0.15) is 17.7 Å². The molecule has 1 rings (SSSR count). The molecule has 7 nitrogen and oxygen atoms in total. The molecule has 0 unspecified atom stereocenters. The third-order valence-electron chi connectivity index (χ3n) is 3.57. The molecule has 27 heavy (non-hydrogen) atoms. The maximum Gasteiger partial charge on any atom is 0.408 e. The van der Waals surface area contributed by atoms with Crippen molar-refractivity contribution in [3.8, 4) is 0 Å². The van der Waals surface area contributed by atoms with Crippen molar-refractivity contribution in [3.05, 3.63) is 35.9 Å². The molecule has 1 aromatic carbocycles.